The van der Waals surface area contributed by atoms with Crippen molar-refractivity contribution >= 4 is 38.3 Å². The Morgan fingerprint density at radius 3 is 1.92 bits per heavy atom. The SMILES string of the molecule is COc1cc(-n2c(-c3ccc([N+](=O)[O-])cc3)nc3cc(OC)c4ccccc4c32)c(OC)c2ccccc12. The van der Waals surface area contributed by atoms with Gasteiger partial charge < -0.3 is 14.2 Å². The molecular formula is C30H23N3O5. The molecule has 5 aromatic carbocycles. The molecule has 0 amide bonds. The standard InChI is InChI=1S/C30H23N3O5/c1-36-26-16-24-28(22-10-6-4-8-20(22)26)32(30(31-24)18-12-14-19(15-13-18)33(34)35)25-17-27(37-2)21-9-5-7-11-23(21)29(25)38-3/h4-17H,1-3H3. The average molecular weight is 506 g/mol. The van der Waals surface area contributed by atoms with Crippen molar-refractivity contribution in [2.24, 2.45) is 0 Å². The van der Waals surface area contributed by atoms with E-state index in [2.05, 4.69) is 0 Å². The second-order valence-corrected chi connectivity index (χ2v) is 8.74. The molecule has 8 nitrogen and oxygen atoms in total. The predicted octanol–water partition coefficient (Wildman–Crippen LogP) is 6.93. The fourth-order valence-electron chi connectivity index (χ4n) is 5.08. The van der Waals surface area contributed by atoms with Gasteiger partial charge in [-0.1, -0.05) is 48.5 Å². The Bertz CT molecular complexity index is 1860. The van der Waals surface area contributed by atoms with Crippen LogP contribution in [0.2, 0.25) is 0 Å². The van der Waals surface area contributed by atoms with Gasteiger partial charge in [-0.2, -0.15) is 0 Å². The Labute approximate surface area is 217 Å². The maximum Gasteiger partial charge on any atom is 0.269 e. The van der Waals surface area contributed by atoms with Crippen LogP contribution in [0, 0.1) is 10.1 Å². The molecule has 0 spiro atoms. The molecule has 8 heteroatoms. The van der Waals surface area contributed by atoms with Crippen molar-refractivity contribution in [1.82, 2.24) is 9.55 Å². The minimum absolute atomic E-state index is 0.00786. The van der Waals surface area contributed by atoms with Gasteiger partial charge in [-0.3, -0.25) is 14.7 Å². The van der Waals surface area contributed by atoms with Crippen molar-refractivity contribution in [2.75, 3.05) is 21.3 Å². The van der Waals surface area contributed by atoms with Gasteiger partial charge in [0.05, 0.1) is 43.0 Å². The van der Waals surface area contributed by atoms with E-state index < -0.39 is 4.92 Å². The van der Waals surface area contributed by atoms with E-state index in [0.29, 0.717) is 34.2 Å². The summed E-state index contributed by atoms with van der Waals surface area (Å²) in [6.45, 7) is 0. The third-order valence-electron chi connectivity index (χ3n) is 6.78. The maximum atomic E-state index is 11.3. The zero-order chi connectivity index (χ0) is 26.4. The van der Waals surface area contributed by atoms with E-state index in [1.165, 1.54) is 12.1 Å². The fraction of sp³-hybridized carbons (Fsp3) is 0.100. The van der Waals surface area contributed by atoms with Gasteiger partial charge in [0.1, 0.15) is 17.3 Å². The van der Waals surface area contributed by atoms with Crippen molar-refractivity contribution in [1.29, 1.82) is 0 Å². The van der Waals surface area contributed by atoms with E-state index in [0.717, 1.165) is 32.7 Å². The van der Waals surface area contributed by atoms with Gasteiger partial charge in [0.15, 0.2) is 5.75 Å². The highest BCUT2D eigenvalue weighted by molar-refractivity contribution is 6.10. The van der Waals surface area contributed by atoms with E-state index >= 15 is 0 Å². The smallest absolute Gasteiger partial charge is 0.269 e. The quantitative estimate of drug-likeness (QED) is 0.180. The van der Waals surface area contributed by atoms with Gasteiger partial charge in [-0.25, -0.2) is 4.98 Å². The average Bonchev–Trinajstić information content (AvgIpc) is 3.35. The van der Waals surface area contributed by atoms with Crippen LogP contribution in [0.5, 0.6) is 17.2 Å². The molecular weight excluding hydrogens is 482 g/mol. The second kappa shape index (κ2) is 9.08. The Kier molecular flexibility index (Phi) is 5.57. The van der Waals surface area contributed by atoms with Gasteiger partial charge in [0.2, 0.25) is 0 Å². The summed E-state index contributed by atoms with van der Waals surface area (Å²) in [4.78, 5) is 15.9. The number of benzene rings is 5. The number of ether oxygens (including phenoxy) is 3. The first-order chi connectivity index (χ1) is 18.5. The van der Waals surface area contributed by atoms with Gasteiger partial charge >= 0.3 is 0 Å². The van der Waals surface area contributed by atoms with Crippen LogP contribution in [0.15, 0.2) is 84.9 Å². The lowest BCUT2D eigenvalue weighted by molar-refractivity contribution is -0.384. The van der Waals surface area contributed by atoms with Crippen molar-refractivity contribution < 1.29 is 19.1 Å². The summed E-state index contributed by atoms with van der Waals surface area (Å²) in [7, 11) is 4.92. The third-order valence-corrected chi connectivity index (χ3v) is 6.78. The van der Waals surface area contributed by atoms with E-state index in [1.807, 2.05) is 65.2 Å². The first-order valence-corrected chi connectivity index (χ1v) is 11.9. The molecule has 6 rings (SSSR count). The van der Waals surface area contributed by atoms with Crippen molar-refractivity contribution in [3.8, 4) is 34.3 Å². The van der Waals surface area contributed by atoms with Gasteiger partial charge in [-0.05, 0) is 12.1 Å². The minimum atomic E-state index is -0.414. The van der Waals surface area contributed by atoms with Gasteiger partial charge in [0.25, 0.3) is 5.69 Å². The van der Waals surface area contributed by atoms with Crippen LogP contribution in [0.3, 0.4) is 0 Å². The Morgan fingerprint density at radius 1 is 0.737 bits per heavy atom. The van der Waals surface area contributed by atoms with Gasteiger partial charge in [0, 0.05) is 51.4 Å². The second-order valence-electron chi connectivity index (χ2n) is 8.74. The summed E-state index contributed by atoms with van der Waals surface area (Å²) in [5, 5.41) is 15.0. The third kappa shape index (κ3) is 3.49. The number of nitro benzene ring substituents is 1. The lowest BCUT2D eigenvalue weighted by Crippen LogP contribution is -2.03. The highest BCUT2D eigenvalue weighted by Gasteiger charge is 2.24. The van der Waals surface area contributed by atoms with Crippen LogP contribution in [-0.4, -0.2) is 35.8 Å². The largest absolute Gasteiger partial charge is 0.496 e. The fourth-order valence-corrected chi connectivity index (χ4v) is 5.08. The number of methoxy groups -OCH3 is 3. The summed E-state index contributed by atoms with van der Waals surface area (Å²) in [5.74, 6) is 2.65. The molecule has 0 saturated carbocycles. The molecule has 1 heterocycles. The van der Waals surface area contributed by atoms with Crippen molar-refractivity contribution in [3.05, 3.63) is 95.0 Å². The summed E-state index contributed by atoms with van der Waals surface area (Å²) in [6.07, 6.45) is 0. The molecule has 0 unspecified atom stereocenters. The Balaban J connectivity index is 1.80. The number of nitro groups is 1. The van der Waals surface area contributed by atoms with Crippen molar-refractivity contribution in [3.63, 3.8) is 0 Å². The first kappa shape index (κ1) is 23.3. The highest BCUT2D eigenvalue weighted by atomic mass is 16.6. The number of imidazole rings is 1. The first-order valence-electron chi connectivity index (χ1n) is 11.9. The van der Waals surface area contributed by atoms with Crippen LogP contribution >= 0.6 is 0 Å². The molecule has 6 aromatic rings. The monoisotopic (exact) mass is 505 g/mol. The number of hydrogen-bond acceptors (Lipinski definition) is 6. The molecule has 0 aliphatic rings. The molecule has 0 bridgehead atoms. The van der Waals surface area contributed by atoms with Crippen molar-refractivity contribution in [2.45, 2.75) is 0 Å². The highest BCUT2D eigenvalue weighted by Crippen LogP contribution is 2.44. The van der Waals surface area contributed by atoms with E-state index in [-0.39, 0.29) is 5.69 Å². The number of aromatic nitrogens is 2. The zero-order valence-corrected chi connectivity index (χ0v) is 21.0. The number of rotatable bonds is 6. The molecule has 0 radical (unpaired) electrons. The molecule has 0 saturated heterocycles. The zero-order valence-electron chi connectivity index (χ0n) is 21.0. The maximum absolute atomic E-state index is 11.3. The normalized spacial score (nSPS) is 11.2. The molecule has 0 fully saturated rings. The molecule has 0 atom stereocenters. The Morgan fingerprint density at radius 2 is 1.32 bits per heavy atom. The molecule has 38 heavy (non-hydrogen) atoms. The summed E-state index contributed by atoms with van der Waals surface area (Å²) < 4.78 is 19.6. The van der Waals surface area contributed by atoms with E-state index in [9.17, 15) is 10.1 Å². The summed E-state index contributed by atoms with van der Waals surface area (Å²) in [6, 6.07) is 26.1. The number of non-ortho nitro benzene ring substituents is 1. The molecule has 0 aliphatic carbocycles. The number of hydrogen-bond donors (Lipinski definition) is 0. The topological polar surface area (TPSA) is 88.7 Å². The number of nitrogens with zero attached hydrogens (tertiary/aromatic N) is 3. The summed E-state index contributed by atoms with van der Waals surface area (Å²) >= 11 is 0. The predicted molar refractivity (Wildman–Crippen MR) is 148 cm³/mol. The van der Waals surface area contributed by atoms with Crippen LogP contribution < -0.4 is 14.2 Å². The van der Waals surface area contributed by atoms with E-state index in [1.54, 1.807) is 33.5 Å². The van der Waals surface area contributed by atoms with Crippen LogP contribution in [0.1, 0.15) is 0 Å². The van der Waals surface area contributed by atoms with Crippen LogP contribution in [-0.2, 0) is 0 Å². The van der Waals surface area contributed by atoms with Gasteiger partial charge in [-0.15, -0.1) is 0 Å². The lowest BCUT2D eigenvalue weighted by Gasteiger charge is -2.19. The summed E-state index contributed by atoms with van der Waals surface area (Å²) in [5.41, 5.74) is 3.01. The number of fused-ring (bicyclic) bond motifs is 4. The van der Waals surface area contributed by atoms with Crippen LogP contribution in [0.4, 0.5) is 5.69 Å². The lowest BCUT2D eigenvalue weighted by atomic mass is 10.0. The van der Waals surface area contributed by atoms with E-state index in [4.69, 9.17) is 19.2 Å². The molecule has 0 aliphatic heterocycles. The molecule has 1 aromatic heterocycles. The molecule has 188 valence electrons. The molecule has 0 N–H and O–H groups in total. The Hall–Kier alpha value is -5.11. The minimum Gasteiger partial charge on any atom is -0.496 e. The van der Waals surface area contributed by atoms with Crippen LogP contribution in [0.25, 0.3) is 49.7 Å².